The molecule has 3 atom stereocenters. The van der Waals surface area contributed by atoms with E-state index in [9.17, 15) is 4.79 Å². The zero-order valence-electron chi connectivity index (χ0n) is 6.88. The highest BCUT2D eigenvalue weighted by Gasteiger charge is 2.45. The van der Waals surface area contributed by atoms with Crippen LogP contribution in [0.15, 0.2) is 0 Å². The lowest BCUT2D eigenvalue weighted by atomic mass is 9.90. The summed E-state index contributed by atoms with van der Waals surface area (Å²) in [6.45, 7) is 2.08. The van der Waals surface area contributed by atoms with Crippen molar-refractivity contribution in [2.75, 3.05) is 0 Å². The SMILES string of the molecule is CC[C@@H]1C(=O)OC2CCC[C@H]21. The number of hydrogen-bond donors (Lipinski definition) is 0. The Kier molecular flexibility index (Phi) is 1.63. The van der Waals surface area contributed by atoms with Crippen LogP contribution in [0.25, 0.3) is 0 Å². The van der Waals surface area contributed by atoms with Crippen LogP contribution in [0.3, 0.4) is 0 Å². The first kappa shape index (κ1) is 7.14. The summed E-state index contributed by atoms with van der Waals surface area (Å²) < 4.78 is 5.25. The van der Waals surface area contributed by atoms with Crippen molar-refractivity contribution in [3.8, 4) is 0 Å². The van der Waals surface area contributed by atoms with Gasteiger partial charge in [0.25, 0.3) is 0 Å². The van der Waals surface area contributed by atoms with Gasteiger partial charge >= 0.3 is 5.97 Å². The van der Waals surface area contributed by atoms with Crippen molar-refractivity contribution < 1.29 is 9.53 Å². The first-order valence-corrected chi connectivity index (χ1v) is 4.53. The molecule has 2 rings (SSSR count). The molecule has 2 fully saturated rings. The Bertz CT molecular complexity index is 176. The quantitative estimate of drug-likeness (QED) is 0.538. The van der Waals surface area contributed by atoms with Gasteiger partial charge in [-0.25, -0.2) is 0 Å². The largest absolute Gasteiger partial charge is 0.462 e. The number of carbonyl (C=O) groups is 1. The van der Waals surface area contributed by atoms with Crippen molar-refractivity contribution in [3.63, 3.8) is 0 Å². The minimum Gasteiger partial charge on any atom is -0.462 e. The minimum atomic E-state index is 0.0576. The van der Waals surface area contributed by atoms with Crippen molar-refractivity contribution in [1.29, 1.82) is 0 Å². The highest BCUT2D eigenvalue weighted by Crippen LogP contribution is 2.41. The van der Waals surface area contributed by atoms with E-state index in [0.717, 1.165) is 12.8 Å². The number of rotatable bonds is 1. The van der Waals surface area contributed by atoms with Crippen LogP contribution in [-0.4, -0.2) is 12.1 Å². The Labute approximate surface area is 66.9 Å². The maximum atomic E-state index is 11.2. The van der Waals surface area contributed by atoms with Crippen LogP contribution in [0, 0.1) is 11.8 Å². The number of ether oxygens (including phenoxy) is 1. The molecule has 0 amide bonds. The smallest absolute Gasteiger partial charge is 0.309 e. The predicted molar refractivity (Wildman–Crippen MR) is 41.0 cm³/mol. The van der Waals surface area contributed by atoms with Crippen LogP contribution < -0.4 is 0 Å². The number of carbonyl (C=O) groups excluding carboxylic acids is 1. The molecule has 2 nitrogen and oxygen atoms in total. The molecule has 1 saturated carbocycles. The third-order valence-electron chi connectivity index (χ3n) is 3.03. The van der Waals surface area contributed by atoms with Gasteiger partial charge in [0.05, 0.1) is 5.92 Å². The number of esters is 1. The Morgan fingerprint density at radius 3 is 3.09 bits per heavy atom. The average Bonchev–Trinajstić information content (AvgIpc) is 2.46. The first-order valence-electron chi connectivity index (χ1n) is 4.53. The van der Waals surface area contributed by atoms with Crippen molar-refractivity contribution in [1.82, 2.24) is 0 Å². The van der Waals surface area contributed by atoms with Crippen LogP contribution in [0.4, 0.5) is 0 Å². The lowest BCUT2D eigenvalue weighted by Gasteiger charge is -2.09. The van der Waals surface area contributed by atoms with E-state index in [0.29, 0.717) is 5.92 Å². The molecule has 1 aliphatic heterocycles. The second-order valence-electron chi connectivity index (χ2n) is 3.58. The zero-order valence-corrected chi connectivity index (χ0v) is 6.88. The molecule has 0 aromatic heterocycles. The van der Waals surface area contributed by atoms with Gasteiger partial charge in [-0.05, 0) is 25.7 Å². The summed E-state index contributed by atoms with van der Waals surface area (Å²) in [6.07, 6.45) is 4.80. The van der Waals surface area contributed by atoms with Gasteiger partial charge in [-0.1, -0.05) is 6.92 Å². The van der Waals surface area contributed by atoms with Crippen LogP contribution in [0.2, 0.25) is 0 Å². The molecule has 0 N–H and O–H groups in total. The Morgan fingerprint density at radius 1 is 1.55 bits per heavy atom. The van der Waals surface area contributed by atoms with E-state index in [2.05, 4.69) is 6.92 Å². The Morgan fingerprint density at radius 2 is 2.36 bits per heavy atom. The average molecular weight is 154 g/mol. The number of fused-ring (bicyclic) bond motifs is 1. The highest BCUT2D eigenvalue weighted by molar-refractivity contribution is 5.75. The van der Waals surface area contributed by atoms with Gasteiger partial charge in [0.2, 0.25) is 0 Å². The summed E-state index contributed by atoms with van der Waals surface area (Å²) in [5.41, 5.74) is 0. The van der Waals surface area contributed by atoms with Gasteiger partial charge < -0.3 is 4.74 Å². The Hall–Kier alpha value is -0.530. The van der Waals surface area contributed by atoms with Crippen molar-refractivity contribution in [3.05, 3.63) is 0 Å². The van der Waals surface area contributed by atoms with Gasteiger partial charge in [0.15, 0.2) is 0 Å². The topological polar surface area (TPSA) is 26.3 Å². The van der Waals surface area contributed by atoms with Crippen LogP contribution in [0.5, 0.6) is 0 Å². The third kappa shape index (κ3) is 0.959. The van der Waals surface area contributed by atoms with Gasteiger partial charge in [-0.3, -0.25) is 4.79 Å². The van der Waals surface area contributed by atoms with Crippen molar-refractivity contribution in [2.24, 2.45) is 11.8 Å². The second kappa shape index (κ2) is 2.50. The predicted octanol–water partition coefficient (Wildman–Crippen LogP) is 1.74. The van der Waals surface area contributed by atoms with Crippen LogP contribution >= 0.6 is 0 Å². The fraction of sp³-hybridized carbons (Fsp3) is 0.889. The van der Waals surface area contributed by atoms with Gasteiger partial charge in [0, 0.05) is 5.92 Å². The lowest BCUT2D eigenvalue weighted by molar-refractivity contribution is -0.144. The molecule has 2 aliphatic rings. The molecule has 0 aromatic carbocycles. The molecule has 0 aromatic rings. The second-order valence-corrected chi connectivity index (χ2v) is 3.58. The maximum absolute atomic E-state index is 11.2. The van der Waals surface area contributed by atoms with Crippen molar-refractivity contribution in [2.45, 2.75) is 38.7 Å². The summed E-state index contributed by atoms with van der Waals surface area (Å²) in [5, 5.41) is 0. The molecule has 1 heterocycles. The fourth-order valence-corrected chi connectivity index (χ4v) is 2.44. The molecule has 0 bridgehead atoms. The molecule has 62 valence electrons. The minimum absolute atomic E-state index is 0.0576. The van der Waals surface area contributed by atoms with Crippen LogP contribution in [0.1, 0.15) is 32.6 Å². The van der Waals surface area contributed by atoms with E-state index in [1.807, 2.05) is 0 Å². The maximum Gasteiger partial charge on any atom is 0.309 e. The van der Waals surface area contributed by atoms with Crippen LogP contribution in [-0.2, 0) is 9.53 Å². The van der Waals surface area contributed by atoms with E-state index in [1.165, 1.54) is 12.8 Å². The van der Waals surface area contributed by atoms with Crippen molar-refractivity contribution >= 4 is 5.97 Å². The summed E-state index contributed by atoms with van der Waals surface area (Å²) in [4.78, 5) is 11.2. The normalized spacial score (nSPS) is 42.3. The molecule has 0 radical (unpaired) electrons. The molecule has 2 heteroatoms. The Balaban J connectivity index is 2.13. The monoisotopic (exact) mass is 154 g/mol. The summed E-state index contributed by atoms with van der Waals surface area (Å²) >= 11 is 0. The summed E-state index contributed by atoms with van der Waals surface area (Å²) in [7, 11) is 0. The fourth-order valence-electron chi connectivity index (χ4n) is 2.44. The lowest BCUT2D eigenvalue weighted by Crippen LogP contribution is -2.14. The molecular formula is C9H14O2. The molecule has 1 unspecified atom stereocenters. The standard InChI is InChI=1S/C9H14O2/c1-2-6-7-4-3-5-8(7)11-9(6)10/h6-8H,2-5H2,1H3/t6-,7-,8?/m0/s1. The van der Waals surface area contributed by atoms with Gasteiger partial charge in [-0.15, -0.1) is 0 Å². The third-order valence-corrected chi connectivity index (χ3v) is 3.03. The van der Waals surface area contributed by atoms with E-state index in [4.69, 9.17) is 4.74 Å². The van der Waals surface area contributed by atoms with E-state index >= 15 is 0 Å². The number of hydrogen-bond acceptors (Lipinski definition) is 2. The highest BCUT2D eigenvalue weighted by atomic mass is 16.6. The van der Waals surface area contributed by atoms with E-state index in [-0.39, 0.29) is 18.0 Å². The molecule has 1 aliphatic carbocycles. The first-order chi connectivity index (χ1) is 5.33. The summed E-state index contributed by atoms with van der Waals surface area (Å²) in [5.74, 6) is 0.845. The molecule has 0 spiro atoms. The van der Waals surface area contributed by atoms with Gasteiger partial charge in [-0.2, -0.15) is 0 Å². The summed E-state index contributed by atoms with van der Waals surface area (Å²) in [6, 6.07) is 0. The molecule has 1 saturated heterocycles. The van der Waals surface area contributed by atoms with Gasteiger partial charge in [0.1, 0.15) is 6.10 Å². The molecule has 11 heavy (non-hydrogen) atoms. The van der Waals surface area contributed by atoms with E-state index in [1.54, 1.807) is 0 Å². The molecular weight excluding hydrogens is 140 g/mol. The van der Waals surface area contributed by atoms with E-state index < -0.39 is 0 Å². The zero-order chi connectivity index (χ0) is 7.84.